The molecule has 3 aromatic rings. The Morgan fingerprint density at radius 3 is 1.88 bits per heavy atom. The molecule has 1 aliphatic heterocycles. The van der Waals surface area contributed by atoms with Crippen LogP contribution in [0.3, 0.4) is 0 Å². The number of carbonyl (C=O) groups excluding carboxylic acids is 1. The van der Waals surface area contributed by atoms with Gasteiger partial charge in [0.25, 0.3) is 0 Å². The van der Waals surface area contributed by atoms with Crippen LogP contribution in [-0.4, -0.2) is 36.8 Å². The molecular weight excluding hydrogens is 428 g/mol. The summed E-state index contributed by atoms with van der Waals surface area (Å²) in [4.78, 5) is 11.5. The first-order valence-corrected chi connectivity index (χ1v) is 11.7. The Morgan fingerprint density at radius 2 is 1.32 bits per heavy atom. The molecule has 4 rings (SSSR count). The fourth-order valence-corrected chi connectivity index (χ4v) is 4.36. The minimum absolute atomic E-state index is 0.228. The predicted molar refractivity (Wildman–Crippen MR) is 130 cm³/mol. The summed E-state index contributed by atoms with van der Waals surface area (Å²) in [5.41, 5.74) is 2.40. The Kier molecular flexibility index (Phi) is 8.61. The van der Waals surface area contributed by atoms with E-state index in [1.54, 1.807) is 0 Å². The number of aldehydes is 1. The summed E-state index contributed by atoms with van der Waals surface area (Å²) in [6.45, 7) is 3.62. The van der Waals surface area contributed by atoms with Gasteiger partial charge in [-0.2, -0.15) is 0 Å². The van der Waals surface area contributed by atoms with Crippen molar-refractivity contribution in [1.29, 1.82) is 0 Å². The molecule has 0 spiro atoms. The molecular formula is C29H32O5. The van der Waals surface area contributed by atoms with Gasteiger partial charge in [-0.25, -0.2) is 0 Å². The van der Waals surface area contributed by atoms with Gasteiger partial charge in [0.05, 0.1) is 32.5 Å². The van der Waals surface area contributed by atoms with Gasteiger partial charge in [0.2, 0.25) is 0 Å². The number of hydrogen-bond donors (Lipinski definition) is 0. The molecule has 0 radical (unpaired) electrons. The molecule has 5 nitrogen and oxygen atoms in total. The normalized spacial score (nSPS) is 24.2. The van der Waals surface area contributed by atoms with Crippen molar-refractivity contribution in [3.8, 4) is 0 Å². The van der Waals surface area contributed by atoms with E-state index in [0.717, 1.165) is 23.0 Å². The van der Waals surface area contributed by atoms with E-state index in [1.807, 2.05) is 97.9 Å². The highest BCUT2D eigenvalue weighted by atomic mass is 16.6. The van der Waals surface area contributed by atoms with Crippen molar-refractivity contribution < 1.29 is 23.7 Å². The second-order valence-corrected chi connectivity index (χ2v) is 8.74. The van der Waals surface area contributed by atoms with Crippen LogP contribution >= 0.6 is 0 Å². The lowest BCUT2D eigenvalue weighted by Crippen LogP contribution is -2.50. The molecule has 5 heteroatoms. The van der Waals surface area contributed by atoms with Gasteiger partial charge in [0, 0.05) is 6.42 Å². The zero-order valence-electron chi connectivity index (χ0n) is 19.5. The van der Waals surface area contributed by atoms with Crippen molar-refractivity contribution in [1.82, 2.24) is 0 Å². The average molecular weight is 461 g/mol. The Morgan fingerprint density at radius 1 is 0.794 bits per heavy atom. The molecule has 0 bridgehead atoms. The molecule has 1 aliphatic rings. The summed E-state index contributed by atoms with van der Waals surface area (Å²) in [7, 11) is 0. The summed E-state index contributed by atoms with van der Waals surface area (Å²) in [5.74, 6) is 0. The fraction of sp³-hybridized carbons (Fsp3) is 0.345. The number of hydrogen-bond acceptors (Lipinski definition) is 5. The van der Waals surface area contributed by atoms with Crippen LogP contribution in [0, 0.1) is 0 Å². The molecule has 0 aliphatic carbocycles. The van der Waals surface area contributed by atoms with Gasteiger partial charge in [-0.3, -0.25) is 0 Å². The van der Waals surface area contributed by atoms with E-state index in [0.29, 0.717) is 26.4 Å². The first-order chi connectivity index (χ1) is 16.7. The highest BCUT2D eigenvalue weighted by Crippen LogP contribution is 2.39. The van der Waals surface area contributed by atoms with Crippen LogP contribution in [-0.2, 0) is 43.6 Å². The molecule has 1 fully saturated rings. The maximum Gasteiger partial charge on any atom is 0.122 e. The van der Waals surface area contributed by atoms with Crippen molar-refractivity contribution in [2.75, 3.05) is 6.61 Å². The maximum atomic E-state index is 11.5. The number of carbonyl (C=O) groups is 1. The third-order valence-electron chi connectivity index (χ3n) is 6.25. The van der Waals surface area contributed by atoms with E-state index in [1.165, 1.54) is 0 Å². The lowest BCUT2D eigenvalue weighted by molar-refractivity contribution is -0.148. The van der Waals surface area contributed by atoms with E-state index >= 15 is 0 Å². The lowest BCUT2D eigenvalue weighted by atomic mass is 9.90. The molecule has 0 amide bonds. The Bertz CT molecular complexity index is 995. The molecule has 0 saturated carbocycles. The quantitative estimate of drug-likeness (QED) is 0.351. The van der Waals surface area contributed by atoms with Gasteiger partial charge in [-0.05, 0) is 23.6 Å². The van der Waals surface area contributed by atoms with E-state index in [9.17, 15) is 4.79 Å². The summed E-state index contributed by atoms with van der Waals surface area (Å²) in [6.07, 6.45) is -0.0860. The van der Waals surface area contributed by atoms with E-state index in [4.69, 9.17) is 18.9 Å². The van der Waals surface area contributed by atoms with Crippen LogP contribution in [0.25, 0.3) is 0 Å². The predicted octanol–water partition coefficient (Wildman–Crippen LogP) is 5.12. The summed E-state index contributed by atoms with van der Waals surface area (Å²) >= 11 is 0. The highest BCUT2D eigenvalue weighted by molar-refractivity contribution is 5.51. The molecule has 0 N–H and O–H groups in total. The topological polar surface area (TPSA) is 54.0 Å². The monoisotopic (exact) mass is 460 g/mol. The number of ether oxygens (including phenoxy) is 4. The molecule has 2 unspecified atom stereocenters. The van der Waals surface area contributed by atoms with Crippen LogP contribution in [0.2, 0.25) is 0 Å². The standard InChI is InChI=1S/C29H32O5/c1-29(33-21-25-15-9-4-10-16-25)27(17-18-30)34-26(22-31-19-23-11-5-2-6-12-23)28(29)32-20-24-13-7-3-8-14-24/h2-16,18,26-28H,17,19-22H2,1H3/t26-,27?,28-,29?/m1/s1. The second kappa shape index (κ2) is 12.0. The Hall–Kier alpha value is -2.83. The minimum atomic E-state index is -0.813. The number of benzene rings is 3. The molecule has 34 heavy (non-hydrogen) atoms. The van der Waals surface area contributed by atoms with Crippen molar-refractivity contribution in [2.45, 2.75) is 57.1 Å². The van der Waals surface area contributed by atoms with Crippen LogP contribution < -0.4 is 0 Å². The van der Waals surface area contributed by atoms with Crippen molar-refractivity contribution >= 4 is 6.29 Å². The van der Waals surface area contributed by atoms with Crippen LogP contribution in [0.5, 0.6) is 0 Å². The molecule has 0 aromatic heterocycles. The molecule has 1 saturated heterocycles. The van der Waals surface area contributed by atoms with E-state index in [2.05, 4.69) is 0 Å². The molecule has 178 valence electrons. The summed E-state index contributed by atoms with van der Waals surface area (Å²) in [6, 6.07) is 30.0. The van der Waals surface area contributed by atoms with Crippen LogP contribution in [0.15, 0.2) is 91.0 Å². The minimum Gasteiger partial charge on any atom is -0.374 e. The Balaban J connectivity index is 1.50. The van der Waals surface area contributed by atoms with Crippen molar-refractivity contribution in [2.24, 2.45) is 0 Å². The third-order valence-corrected chi connectivity index (χ3v) is 6.25. The largest absolute Gasteiger partial charge is 0.374 e. The average Bonchev–Trinajstić information content (AvgIpc) is 3.14. The fourth-order valence-electron chi connectivity index (χ4n) is 4.36. The van der Waals surface area contributed by atoms with Gasteiger partial charge < -0.3 is 23.7 Å². The number of rotatable bonds is 12. The SMILES string of the molecule is CC1(OCc2ccccc2)C(CC=O)O[C@H](COCc2ccccc2)[C@H]1OCc1ccccc1. The van der Waals surface area contributed by atoms with Gasteiger partial charge in [-0.1, -0.05) is 91.0 Å². The maximum absolute atomic E-state index is 11.5. The first kappa shape index (κ1) is 24.3. The second-order valence-electron chi connectivity index (χ2n) is 8.74. The van der Waals surface area contributed by atoms with Gasteiger partial charge in [-0.15, -0.1) is 0 Å². The molecule has 1 heterocycles. The molecule has 3 aromatic carbocycles. The smallest absolute Gasteiger partial charge is 0.122 e. The van der Waals surface area contributed by atoms with E-state index in [-0.39, 0.29) is 12.5 Å². The zero-order chi connectivity index (χ0) is 23.6. The van der Waals surface area contributed by atoms with Gasteiger partial charge >= 0.3 is 0 Å². The van der Waals surface area contributed by atoms with Gasteiger partial charge in [0.1, 0.15) is 24.1 Å². The van der Waals surface area contributed by atoms with Crippen LogP contribution in [0.4, 0.5) is 0 Å². The van der Waals surface area contributed by atoms with Crippen molar-refractivity contribution in [3.05, 3.63) is 108 Å². The van der Waals surface area contributed by atoms with Crippen molar-refractivity contribution in [3.63, 3.8) is 0 Å². The van der Waals surface area contributed by atoms with Gasteiger partial charge in [0.15, 0.2) is 0 Å². The molecule has 4 atom stereocenters. The third kappa shape index (κ3) is 6.19. The van der Waals surface area contributed by atoms with E-state index < -0.39 is 17.8 Å². The van der Waals surface area contributed by atoms with Crippen LogP contribution in [0.1, 0.15) is 30.0 Å². The summed E-state index contributed by atoms with van der Waals surface area (Å²) < 4.78 is 25.3. The zero-order valence-corrected chi connectivity index (χ0v) is 19.5. The lowest BCUT2D eigenvalue weighted by Gasteiger charge is -2.35. The summed E-state index contributed by atoms with van der Waals surface area (Å²) in [5, 5.41) is 0. The first-order valence-electron chi connectivity index (χ1n) is 11.7. The highest BCUT2D eigenvalue weighted by Gasteiger charge is 2.55. The Labute approximate surface area is 201 Å².